The van der Waals surface area contributed by atoms with Crippen molar-refractivity contribution in [2.75, 3.05) is 7.05 Å². The van der Waals surface area contributed by atoms with E-state index in [1.807, 2.05) is 13.1 Å². The van der Waals surface area contributed by atoms with Gasteiger partial charge in [-0.25, -0.2) is 0 Å². The highest BCUT2D eigenvalue weighted by Crippen LogP contribution is 2.30. The Morgan fingerprint density at radius 3 is 2.58 bits per heavy atom. The summed E-state index contributed by atoms with van der Waals surface area (Å²) in [4.78, 5) is 10.0. The van der Waals surface area contributed by atoms with Crippen LogP contribution in [0.1, 0.15) is 22.0 Å². The predicted octanol–water partition coefficient (Wildman–Crippen LogP) is 3.31. The maximum atomic E-state index is 4.38. The van der Waals surface area contributed by atoms with Crippen molar-refractivity contribution in [2.45, 2.75) is 13.0 Å². The van der Waals surface area contributed by atoms with Crippen LogP contribution in [0.5, 0.6) is 0 Å². The highest BCUT2D eigenvalue weighted by molar-refractivity contribution is 7.10. The molecule has 1 N–H and O–H groups in total. The molecule has 0 bridgehead atoms. The molecule has 0 radical (unpaired) electrons. The second-order valence-corrected chi connectivity index (χ2v) is 5.44. The minimum Gasteiger partial charge on any atom is -0.309 e. The molecule has 19 heavy (non-hydrogen) atoms. The van der Waals surface area contributed by atoms with Crippen LogP contribution in [0.15, 0.2) is 42.0 Å². The Morgan fingerprint density at radius 2 is 1.89 bits per heavy atom. The van der Waals surface area contributed by atoms with Crippen LogP contribution in [0.2, 0.25) is 0 Å². The van der Waals surface area contributed by atoms with E-state index in [1.165, 1.54) is 16.0 Å². The van der Waals surface area contributed by atoms with E-state index in [4.69, 9.17) is 0 Å². The van der Waals surface area contributed by atoms with Crippen LogP contribution in [0.25, 0.3) is 11.0 Å². The number of hydrogen-bond acceptors (Lipinski definition) is 4. The molecule has 2 aromatic heterocycles. The van der Waals surface area contributed by atoms with Crippen molar-refractivity contribution in [3.8, 4) is 0 Å². The van der Waals surface area contributed by atoms with E-state index in [-0.39, 0.29) is 6.04 Å². The first-order valence-electron chi connectivity index (χ1n) is 6.21. The van der Waals surface area contributed by atoms with Gasteiger partial charge in [0.2, 0.25) is 0 Å². The maximum Gasteiger partial charge on any atom is 0.0890 e. The van der Waals surface area contributed by atoms with Gasteiger partial charge >= 0.3 is 0 Å². The summed E-state index contributed by atoms with van der Waals surface area (Å²) in [5.41, 5.74) is 4.42. The maximum absolute atomic E-state index is 4.38. The number of aromatic nitrogens is 2. The van der Waals surface area contributed by atoms with E-state index in [0.717, 1.165) is 11.0 Å². The number of aryl methyl sites for hydroxylation is 1. The normalized spacial score (nSPS) is 12.7. The Morgan fingerprint density at radius 1 is 1.11 bits per heavy atom. The first-order valence-corrected chi connectivity index (χ1v) is 7.09. The topological polar surface area (TPSA) is 37.8 Å². The summed E-state index contributed by atoms with van der Waals surface area (Å²) in [6.45, 7) is 2.15. The minimum atomic E-state index is 0.214. The van der Waals surface area contributed by atoms with Gasteiger partial charge in [0.05, 0.1) is 17.1 Å². The summed E-state index contributed by atoms with van der Waals surface area (Å²) < 4.78 is 0. The van der Waals surface area contributed by atoms with Crippen LogP contribution in [-0.2, 0) is 0 Å². The van der Waals surface area contributed by atoms with E-state index in [2.05, 4.69) is 45.8 Å². The van der Waals surface area contributed by atoms with E-state index in [0.29, 0.717) is 0 Å². The lowest BCUT2D eigenvalue weighted by Gasteiger charge is -2.16. The lowest BCUT2D eigenvalue weighted by Crippen LogP contribution is -2.17. The lowest BCUT2D eigenvalue weighted by atomic mass is 10.0. The second kappa shape index (κ2) is 5.07. The number of thiophene rings is 1. The van der Waals surface area contributed by atoms with Gasteiger partial charge in [0.25, 0.3) is 0 Å². The molecule has 0 amide bonds. The zero-order valence-corrected chi connectivity index (χ0v) is 11.7. The quantitative estimate of drug-likeness (QED) is 0.792. The average molecular weight is 269 g/mol. The van der Waals surface area contributed by atoms with Gasteiger partial charge in [0.15, 0.2) is 0 Å². The monoisotopic (exact) mass is 269 g/mol. The third kappa shape index (κ3) is 2.25. The van der Waals surface area contributed by atoms with E-state index < -0.39 is 0 Å². The Hall–Kier alpha value is -1.78. The molecule has 0 aliphatic rings. The summed E-state index contributed by atoms with van der Waals surface area (Å²) in [6, 6.07) is 8.64. The molecular weight excluding hydrogens is 254 g/mol. The first kappa shape index (κ1) is 12.3. The third-order valence-electron chi connectivity index (χ3n) is 3.28. The zero-order chi connectivity index (χ0) is 13.2. The Kier molecular flexibility index (Phi) is 3.27. The molecule has 0 aliphatic heterocycles. The van der Waals surface area contributed by atoms with Crippen LogP contribution in [0, 0.1) is 6.92 Å². The fourth-order valence-corrected chi connectivity index (χ4v) is 3.35. The standard InChI is InChI=1S/C15H15N3S/c1-10-5-8-19-15(10)14(16-2)11-3-4-12-13(9-11)18-7-6-17-12/h3-9,14,16H,1-2H3. The summed E-state index contributed by atoms with van der Waals surface area (Å²) in [5.74, 6) is 0. The van der Waals surface area contributed by atoms with Gasteiger partial charge in [-0.1, -0.05) is 6.07 Å². The van der Waals surface area contributed by atoms with E-state index in [9.17, 15) is 0 Å². The number of hydrogen-bond donors (Lipinski definition) is 1. The second-order valence-electron chi connectivity index (χ2n) is 4.49. The molecule has 1 unspecified atom stereocenters. The largest absolute Gasteiger partial charge is 0.309 e. The molecule has 0 saturated carbocycles. The van der Waals surface area contributed by atoms with Crippen molar-refractivity contribution >= 4 is 22.4 Å². The summed E-state index contributed by atoms with van der Waals surface area (Å²) in [7, 11) is 1.99. The van der Waals surface area contributed by atoms with Gasteiger partial charge in [-0.05, 0) is 48.7 Å². The molecule has 0 spiro atoms. The number of nitrogens with zero attached hydrogens (tertiary/aromatic N) is 2. The number of benzene rings is 1. The Bertz CT molecular complexity index is 705. The van der Waals surface area contributed by atoms with Crippen LogP contribution < -0.4 is 5.32 Å². The van der Waals surface area contributed by atoms with Gasteiger partial charge < -0.3 is 5.32 Å². The van der Waals surface area contributed by atoms with Crippen LogP contribution in [0.3, 0.4) is 0 Å². The summed E-state index contributed by atoms with van der Waals surface area (Å²) in [6.07, 6.45) is 3.46. The van der Waals surface area contributed by atoms with E-state index >= 15 is 0 Å². The Labute approximate surface area is 116 Å². The molecule has 1 atom stereocenters. The van der Waals surface area contributed by atoms with Crippen LogP contribution in [0.4, 0.5) is 0 Å². The number of rotatable bonds is 3. The van der Waals surface area contributed by atoms with Crippen molar-refractivity contribution in [1.29, 1.82) is 0 Å². The van der Waals surface area contributed by atoms with Crippen LogP contribution in [-0.4, -0.2) is 17.0 Å². The van der Waals surface area contributed by atoms with Crippen molar-refractivity contribution in [3.05, 3.63) is 58.0 Å². The first-order chi connectivity index (χ1) is 9.29. The highest BCUT2D eigenvalue weighted by atomic mass is 32.1. The summed E-state index contributed by atoms with van der Waals surface area (Å²) in [5, 5.41) is 5.52. The lowest BCUT2D eigenvalue weighted by molar-refractivity contribution is 0.701. The van der Waals surface area contributed by atoms with Gasteiger partial charge in [0, 0.05) is 17.3 Å². The number of fused-ring (bicyclic) bond motifs is 1. The molecule has 0 saturated heterocycles. The molecule has 3 aromatic rings. The molecule has 3 nitrogen and oxygen atoms in total. The molecule has 96 valence electrons. The SMILES string of the molecule is CNC(c1ccc2nccnc2c1)c1sccc1C. The molecule has 1 aromatic carbocycles. The average Bonchev–Trinajstić information content (AvgIpc) is 2.86. The highest BCUT2D eigenvalue weighted by Gasteiger charge is 2.16. The molecule has 0 aliphatic carbocycles. The fourth-order valence-electron chi connectivity index (χ4n) is 2.29. The molecule has 4 heteroatoms. The molecule has 3 rings (SSSR count). The van der Waals surface area contributed by atoms with Gasteiger partial charge in [-0.2, -0.15) is 0 Å². The fraction of sp³-hybridized carbons (Fsp3) is 0.200. The van der Waals surface area contributed by atoms with Gasteiger partial charge in [-0.15, -0.1) is 11.3 Å². The minimum absolute atomic E-state index is 0.214. The summed E-state index contributed by atoms with van der Waals surface area (Å²) >= 11 is 1.78. The third-order valence-corrected chi connectivity index (χ3v) is 4.36. The van der Waals surface area contributed by atoms with Crippen molar-refractivity contribution in [3.63, 3.8) is 0 Å². The van der Waals surface area contributed by atoms with Gasteiger partial charge in [-0.3, -0.25) is 9.97 Å². The smallest absolute Gasteiger partial charge is 0.0890 e. The molecule has 2 heterocycles. The molecule has 0 fully saturated rings. The van der Waals surface area contributed by atoms with Crippen molar-refractivity contribution in [2.24, 2.45) is 0 Å². The Balaban J connectivity index is 2.09. The van der Waals surface area contributed by atoms with Gasteiger partial charge in [0.1, 0.15) is 0 Å². The molecular formula is C15H15N3S. The zero-order valence-electron chi connectivity index (χ0n) is 10.9. The predicted molar refractivity (Wildman–Crippen MR) is 79.5 cm³/mol. The van der Waals surface area contributed by atoms with E-state index in [1.54, 1.807) is 23.7 Å². The van der Waals surface area contributed by atoms with Crippen LogP contribution >= 0.6 is 11.3 Å². The number of nitrogens with one attached hydrogen (secondary N) is 1. The van der Waals surface area contributed by atoms with Crippen molar-refractivity contribution in [1.82, 2.24) is 15.3 Å². The van der Waals surface area contributed by atoms with Crippen molar-refractivity contribution < 1.29 is 0 Å².